The number of aromatic amines is 1. The van der Waals surface area contributed by atoms with Crippen LogP contribution in [-0.4, -0.2) is 64.4 Å². The molecule has 1 aliphatic heterocycles. The maximum absolute atomic E-state index is 13.5. The minimum atomic E-state index is -0.518. The van der Waals surface area contributed by atoms with Crippen LogP contribution < -0.4 is 5.73 Å². The maximum atomic E-state index is 13.5. The van der Waals surface area contributed by atoms with Gasteiger partial charge in [-0.25, -0.2) is 4.39 Å². The van der Waals surface area contributed by atoms with Gasteiger partial charge >= 0.3 is 0 Å². The van der Waals surface area contributed by atoms with E-state index in [-0.39, 0.29) is 11.7 Å². The summed E-state index contributed by atoms with van der Waals surface area (Å²) in [7, 11) is 2.06. The first-order chi connectivity index (χ1) is 20.4. The van der Waals surface area contributed by atoms with Gasteiger partial charge in [0, 0.05) is 71.7 Å². The standard InChI is InChI=1S/C34H30FN5O2/c1-38-15-17-39(18-16-38)34(42)22-7-10-27-29(19-22)37-32-28(33(36)41)12-11-26(31(27)32)24-3-2-4-30-25(24)13-14-40(30)20-21-5-8-23(35)9-6-21/h2-14,19,37H,15-18,20H2,1H3,(H2,36,41). The van der Waals surface area contributed by atoms with Gasteiger partial charge in [0.2, 0.25) is 0 Å². The molecule has 0 atom stereocenters. The highest BCUT2D eigenvalue weighted by Gasteiger charge is 2.23. The third kappa shape index (κ3) is 4.40. The molecule has 0 aliphatic carbocycles. The first-order valence-corrected chi connectivity index (χ1v) is 14.1. The Morgan fingerprint density at radius 1 is 0.881 bits per heavy atom. The lowest BCUT2D eigenvalue weighted by molar-refractivity contribution is 0.0664. The lowest BCUT2D eigenvalue weighted by Gasteiger charge is -2.32. The Morgan fingerprint density at radius 2 is 1.67 bits per heavy atom. The number of aromatic nitrogens is 2. The molecule has 0 saturated carbocycles. The summed E-state index contributed by atoms with van der Waals surface area (Å²) in [6, 6.07) is 24.2. The molecule has 0 radical (unpaired) electrons. The fraction of sp³-hybridized carbons (Fsp3) is 0.176. The molecule has 0 spiro atoms. The minimum Gasteiger partial charge on any atom is -0.366 e. The quantitative estimate of drug-likeness (QED) is 0.288. The third-order valence-corrected chi connectivity index (χ3v) is 8.43. The van der Waals surface area contributed by atoms with E-state index in [1.165, 1.54) is 12.1 Å². The molecule has 7 rings (SSSR count). The summed E-state index contributed by atoms with van der Waals surface area (Å²) in [5, 5.41) is 2.86. The lowest BCUT2D eigenvalue weighted by Crippen LogP contribution is -2.47. The fourth-order valence-electron chi connectivity index (χ4n) is 6.15. The van der Waals surface area contributed by atoms with Gasteiger partial charge in [-0.15, -0.1) is 0 Å². The second-order valence-corrected chi connectivity index (χ2v) is 11.1. The monoisotopic (exact) mass is 559 g/mol. The minimum absolute atomic E-state index is 0.00580. The number of nitrogens with two attached hydrogens (primary N) is 1. The van der Waals surface area contributed by atoms with Crippen molar-refractivity contribution < 1.29 is 14.0 Å². The van der Waals surface area contributed by atoms with Crippen LogP contribution in [0.1, 0.15) is 26.3 Å². The smallest absolute Gasteiger partial charge is 0.254 e. The molecule has 8 heteroatoms. The number of hydrogen-bond donors (Lipinski definition) is 2. The van der Waals surface area contributed by atoms with Gasteiger partial charge in [-0.3, -0.25) is 9.59 Å². The number of nitrogens with one attached hydrogen (secondary N) is 1. The van der Waals surface area contributed by atoms with Crippen LogP contribution in [0.25, 0.3) is 43.8 Å². The number of H-pyrrole nitrogens is 1. The van der Waals surface area contributed by atoms with Crippen molar-refractivity contribution in [1.82, 2.24) is 19.4 Å². The highest BCUT2D eigenvalue weighted by molar-refractivity contribution is 6.21. The van der Waals surface area contributed by atoms with Crippen molar-refractivity contribution in [2.75, 3.05) is 33.2 Å². The Bertz CT molecular complexity index is 2000. The maximum Gasteiger partial charge on any atom is 0.254 e. The molecule has 2 aromatic heterocycles. The number of amides is 2. The fourth-order valence-corrected chi connectivity index (χ4v) is 6.15. The third-order valence-electron chi connectivity index (χ3n) is 8.43. The molecular weight excluding hydrogens is 529 g/mol. The van der Waals surface area contributed by atoms with Crippen LogP contribution in [0.4, 0.5) is 4.39 Å². The number of carbonyl (C=O) groups excluding carboxylic acids is 2. The zero-order valence-electron chi connectivity index (χ0n) is 23.2. The number of fused-ring (bicyclic) bond motifs is 4. The van der Waals surface area contributed by atoms with Crippen molar-refractivity contribution in [2.24, 2.45) is 5.73 Å². The Labute approximate surface area is 241 Å². The molecule has 0 unspecified atom stereocenters. The summed E-state index contributed by atoms with van der Waals surface area (Å²) in [4.78, 5) is 33.3. The number of nitrogens with zero attached hydrogens (tertiary/aromatic N) is 3. The van der Waals surface area contributed by atoms with Crippen LogP contribution in [0, 0.1) is 5.82 Å². The van der Waals surface area contributed by atoms with Crippen LogP contribution in [0.15, 0.2) is 85.1 Å². The zero-order valence-corrected chi connectivity index (χ0v) is 23.2. The number of primary amides is 1. The van der Waals surface area contributed by atoms with Gasteiger partial charge in [-0.2, -0.15) is 0 Å². The molecule has 1 aliphatic rings. The predicted molar refractivity (Wildman–Crippen MR) is 164 cm³/mol. The number of likely N-dealkylation sites (N-methyl/N-ethyl adjacent to an activating group) is 1. The van der Waals surface area contributed by atoms with Gasteiger partial charge < -0.3 is 25.1 Å². The van der Waals surface area contributed by atoms with Crippen molar-refractivity contribution in [3.8, 4) is 11.1 Å². The molecule has 1 fully saturated rings. The Balaban J connectivity index is 1.35. The molecule has 210 valence electrons. The molecule has 6 aromatic rings. The van der Waals surface area contributed by atoms with Gasteiger partial charge in [-0.05, 0) is 66.2 Å². The molecule has 3 heterocycles. The molecule has 0 bridgehead atoms. The van der Waals surface area contributed by atoms with Crippen LogP contribution in [-0.2, 0) is 6.54 Å². The molecule has 4 aromatic carbocycles. The summed E-state index contributed by atoms with van der Waals surface area (Å²) in [5.74, 6) is -0.766. The number of carbonyl (C=O) groups is 2. The average molecular weight is 560 g/mol. The normalized spacial score (nSPS) is 14.3. The molecule has 42 heavy (non-hydrogen) atoms. The summed E-state index contributed by atoms with van der Waals surface area (Å²) in [5.41, 5.74) is 12.3. The van der Waals surface area contributed by atoms with Crippen molar-refractivity contribution >= 4 is 44.5 Å². The van der Waals surface area contributed by atoms with Crippen LogP contribution in [0.5, 0.6) is 0 Å². The van der Waals surface area contributed by atoms with E-state index in [9.17, 15) is 14.0 Å². The Morgan fingerprint density at radius 3 is 2.43 bits per heavy atom. The van der Waals surface area contributed by atoms with Crippen LogP contribution >= 0.6 is 0 Å². The molecular formula is C34H30FN5O2. The molecule has 2 amide bonds. The first kappa shape index (κ1) is 26.0. The van der Waals surface area contributed by atoms with Gasteiger partial charge in [0.15, 0.2) is 0 Å². The van der Waals surface area contributed by atoms with E-state index >= 15 is 0 Å². The van der Waals surface area contributed by atoms with E-state index in [4.69, 9.17) is 5.73 Å². The second-order valence-electron chi connectivity index (χ2n) is 11.1. The molecule has 1 saturated heterocycles. The van der Waals surface area contributed by atoms with E-state index in [1.54, 1.807) is 18.2 Å². The van der Waals surface area contributed by atoms with E-state index in [0.717, 1.165) is 57.0 Å². The highest BCUT2D eigenvalue weighted by Crippen LogP contribution is 2.39. The summed E-state index contributed by atoms with van der Waals surface area (Å²) in [6.07, 6.45) is 2.04. The molecule has 7 nitrogen and oxygen atoms in total. The highest BCUT2D eigenvalue weighted by atomic mass is 19.1. The van der Waals surface area contributed by atoms with Crippen molar-refractivity contribution in [1.29, 1.82) is 0 Å². The van der Waals surface area contributed by atoms with Gasteiger partial charge in [0.05, 0.1) is 11.1 Å². The van der Waals surface area contributed by atoms with Gasteiger partial charge in [0.1, 0.15) is 5.82 Å². The number of benzene rings is 4. The number of halogens is 1. The largest absolute Gasteiger partial charge is 0.366 e. The average Bonchev–Trinajstić information content (AvgIpc) is 3.59. The van der Waals surface area contributed by atoms with Crippen molar-refractivity contribution in [2.45, 2.75) is 6.54 Å². The second kappa shape index (κ2) is 10.2. The van der Waals surface area contributed by atoms with Gasteiger partial charge in [0.25, 0.3) is 11.8 Å². The number of hydrogen-bond acceptors (Lipinski definition) is 3. The van der Waals surface area contributed by atoms with Gasteiger partial charge in [-0.1, -0.05) is 36.4 Å². The van der Waals surface area contributed by atoms with E-state index in [2.05, 4.69) is 39.7 Å². The first-order valence-electron chi connectivity index (χ1n) is 14.1. The topological polar surface area (TPSA) is 87.4 Å². The number of rotatable bonds is 5. The summed E-state index contributed by atoms with van der Waals surface area (Å²) >= 11 is 0. The van der Waals surface area contributed by atoms with Crippen LogP contribution in [0.3, 0.4) is 0 Å². The van der Waals surface area contributed by atoms with Crippen molar-refractivity contribution in [3.63, 3.8) is 0 Å². The molecule has 3 N–H and O–H groups in total. The van der Waals surface area contributed by atoms with Crippen molar-refractivity contribution in [3.05, 3.63) is 108 Å². The van der Waals surface area contributed by atoms with Crippen LogP contribution in [0.2, 0.25) is 0 Å². The predicted octanol–water partition coefficient (Wildman–Crippen LogP) is 5.62. The van der Waals surface area contributed by atoms with E-state index < -0.39 is 5.91 Å². The zero-order chi connectivity index (χ0) is 29.0. The van der Waals surface area contributed by atoms with E-state index in [0.29, 0.717) is 36.3 Å². The number of piperazine rings is 1. The Hall–Kier alpha value is -4.95. The van der Waals surface area contributed by atoms with E-state index in [1.807, 2.05) is 41.4 Å². The lowest BCUT2D eigenvalue weighted by atomic mass is 9.94. The summed E-state index contributed by atoms with van der Waals surface area (Å²) in [6.45, 7) is 3.70. The SMILES string of the molecule is CN1CCN(C(=O)c2ccc3c(c2)[nH]c2c(C(N)=O)ccc(-c4cccc5c4ccn5Cc4ccc(F)cc4)c23)CC1. The summed E-state index contributed by atoms with van der Waals surface area (Å²) < 4.78 is 15.6. The Kier molecular flexibility index (Phi) is 6.28.